The van der Waals surface area contributed by atoms with Crippen LogP contribution in [-0.2, 0) is 13.6 Å². The van der Waals surface area contributed by atoms with Gasteiger partial charge in [0.2, 0.25) is 0 Å². The SMILES string of the molecule is Cn1nncc1CN1CC[C@H](N)C1. The molecule has 0 radical (unpaired) electrons. The van der Waals surface area contributed by atoms with E-state index in [2.05, 4.69) is 15.2 Å². The Balaban J connectivity index is 1.95. The molecule has 0 spiro atoms. The van der Waals surface area contributed by atoms with Crippen molar-refractivity contribution >= 4 is 0 Å². The summed E-state index contributed by atoms with van der Waals surface area (Å²) >= 11 is 0. The van der Waals surface area contributed by atoms with Crippen molar-refractivity contribution in [1.29, 1.82) is 0 Å². The predicted octanol–water partition coefficient (Wildman–Crippen LogP) is -0.652. The summed E-state index contributed by atoms with van der Waals surface area (Å²) in [6, 6.07) is 0.348. The van der Waals surface area contributed by atoms with Gasteiger partial charge >= 0.3 is 0 Å². The third kappa shape index (κ3) is 1.87. The molecule has 1 aromatic heterocycles. The Hall–Kier alpha value is -0.940. The van der Waals surface area contributed by atoms with Gasteiger partial charge in [0.05, 0.1) is 11.9 Å². The molecule has 0 amide bonds. The fraction of sp³-hybridized carbons (Fsp3) is 0.750. The van der Waals surface area contributed by atoms with Crippen LogP contribution in [0.2, 0.25) is 0 Å². The van der Waals surface area contributed by atoms with E-state index in [4.69, 9.17) is 5.73 Å². The van der Waals surface area contributed by atoms with E-state index in [-0.39, 0.29) is 0 Å². The molecule has 1 aliphatic rings. The zero-order valence-electron chi connectivity index (χ0n) is 7.85. The van der Waals surface area contributed by atoms with Gasteiger partial charge in [-0.05, 0) is 6.42 Å². The zero-order chi connectivity index (χ0) is 9.26. The van der Waals surface area contributed by atoms with Crippen LogP contribution in [0.25, 0.3) is 0 Å². The molecular formula is C8H15N5. The minimum Gasteiger partial charge on any atom is -0.326 e. The second-order valence-corrected chi connectivity index (χ2v) is 3.63. The second kappa shape index (κ2) is 3.43. The Bertz CT molecular complexity index is 282. The van der Waals surface area contributed by atoms with Crippen LogP contribution in [0.4, 0.5) is 0 Å². The van der Waals surface area contributed by atoms with Crippen molar-refractivity contribution in [3.63, 3.8) is 0 Å². The van der Waals surface area contributed by atoms with Gasteiger partial charge in [-0.15, -0.1) is 5.10 Å². The Morgan fingerprint density at radius 2 is 2.54 bits per heavy atom. The van der Waals surface area contributed by atoms with E-state index in [1.807, 2.05) is 17.9 Å². The maximum Gasteiger partial charge on any atom is 0.0738 e. The molecule has 72 valence electrons. The van der Waals surface area contributed by atoms with Gasteiger partial charge in [0.1, 0.15) is 0 Å². The van der Waals surface area contributed by atoms with Crippen LogP contribution in [0.3, 0.4) is 0 Å². The Labute approximate surface area is 77.5 Å². The molecule has 2 heterocycles. The van der Waals surface area contributed by atoms with Gasteiger partial charge in [0.15, 0.2) is 0 Å². The van der Waals surface area contributed by atoms with E-state index in [9.17, 15) is 0 Å². The van der Waals surface area contributed by atoms with E-state index in [1.54, 1.807) is 0 Å². The van der Waals surface area contributed by atoms with Crippen LogP contribution in [0.1, 0.15) is 12.1 Å². The van der Waals surface area contributed by atoms with Gasteiger partial charge in [-0.2, -0.15) is 0 Å². The largest absolute Gasteiger partial charge is 0.326 e. The summed E-state index contributed by atoms with van der Waals surface area (Å²) in [5, 5.41) is 7.72. The summed E-state index contributed by atoms with van der Waals surface area (Å²) in [5.41, 5.74) is 6.96. The number of hydrogen-bond donors (Lipinski definition) is 1. The summed E-state index contributed by atoms with van der Waals surface area (Å²) in [6.45, 7) is 2.99. The van der Waals surface area contributed by atoms with Crippen LogP contribution >= 0.6 is 0 Å². The minimum absolute atomic E-state index is 0.348. The average Bonchev–Trinajstić information content (AvgIpc) is 2.64. The van der Waals surface area contributed by atoms with Crippen LogP contribution in [0, 0.1) is 0 Å². The van der Waals surface area contributed by atoms with E-state index in [0.29, 0.717) is 6.04 Å². The summed E-state index contributed by atoms with van der Waals surface area (Å²) in [6.07, 6.45) is 2.91. The lowest BCUT2D eigenvalue weighted by Crippen LogP contribution is -2.26. The first-order valence-corrected chi connectivity index (χ1v) is 4.57. The molecule has 0 aromatic carbocycles. The molecule has 0 bridgehead atoms. The quantitative estimate of drug-likeness (QED) is 0.658. The molecule has 1 aliphatic heterocycles. The van der Waals surface area contributed by atoms with E-state index in [1.165, 1.54) is 0 Å². The van der Waals surface area contributed by atoms with Crippen LogP contribution in [0.5, 0.6) is 0 Å². The fourth-order valence-electron chi connectivity index (χ4n) is 1.69. The summed E-state index contributed by atoms with van der Waals surface area (Å²) in [7, 11) is 1.92. The lowest BCUT2D eigenvalue weighted by molar-refractivity contribution is 0.317. The highest BCUT2D eigenvalue weighted by molar-refractivity contribution is 4.94. The average molecular weight is 181 g/mol. The summed E-state index contributed by atoms with van der Waals surface area (Å²) in [4.78, 5) is 2.34. The van der Waals surface area contributed by atoms with Crippen molar-refractivity contribution in [3.05, 3.63) is 11.9 Å². The molecule has 13 heavy (non-hydrogen) atoms. The standard InChI is InChI=1S/C8H15N5/c1-12-8(4-10-11-12)6-13-3-2-7(9)5-13/h4,7H,2-3,5-6,9H2,1H3/t7-/m0/s1. The van der Waals surface area contributed by atoms with E-state index in [0.717, 1.165) is 31.7 Å². The van der Waals surface area contributed by atoms with Crippen molar-refractivity contribution in [2.24, 2.45) is 12.8 Å². The van der Waals surface area contributed by atoms with Crippen LogP contribution in [-0.4, -0.2) is 39.0 Å². The fourth-order valence-corrected chi connectivity index (χ4v) is 1.69. The summed E-state index contributed by atoms with van der Waals surface area (Å²) < 4.78 is 1.81. The second-order valence-electron chi connectivity index (χ2n) is 3.63. The van der Waals surface area contributed by atoms with Crippen molar-refractivity contribution in [2.75, 3.05) is 13.1 Å². The van der Waals surface area contributed by atoms with Gasteiger partial charge in [-0.25, -0.2) is 0 Å². The molecular weight excluding hydrogens is 166 g/mol. The Kier molecular flexibility index (Phi) is 2.28. The number of likely N-dealkylation sites (tertiary alicyclic amines) is 1. The Morgan fingerprint density at radius 3 is 3.08 bits per heavy atom. The molecule has 1 saturated heterocycles. The summed E-state index contributed by atoms with van der Waals surface area (Å²) in [5.74, 6) is 0. The Morgan fingerprint density at radius 1 is 1.69 bits per heavy atom. The molecule has 2 N–H and O–H groups in total. The number of hydrogen-bond acceptors (Lipinski definition) is 4. The van der Waals surface area contributed by atoms with E-state index < -0.39 is 0 Å². The van der Waals surface area contributed by atoms with Crippen molar-refractivity contribution < 1.29 is 0 Å². The molecule has 1 fully saturated rings. The molecule has 1 aromatic rings. The number of nitrogens with zero attached hydrogens (tertiary/aromatic N) is 4. The third-order valence-electron chi connectivity index (χ3n) is 2.50. The maximum absolute atomic E-state index is 5.81. The van der Waals surface area contributed by atoms with Gasteiger partial charge in [0.25, 0.3) is 0 Å². The first-order chi connectivity index (χ1) is 6.25. The zero-order valence-corrected chi connectivity index (χ0v) is 7.85. The van der Waals surface area contributed by atoms with E-state index >= 15 is 0 Å². The minimum atomic E-state index is 0.348. The lowest BCUT2D eigenvalue weighted by Gasteiger charge is -2.13. The molecule has 0 saturated carbocycles. The highest BCUT2D eigenvalue weighted by Gasteiger charge is 2.19. The number of aromatic nitrogens is 3. The molecule has 5 nitrogen and oxygen atoms in total. The number of rotatable bonds is 2. The monoisotopic (exact) mass is 181 g/mol. The van der Waals surface area contributed by atoms with Crippen molar-refractivity contribution in [1.82, 2.24) is 19.9 Å². The van der Waals surface area contributed by atoms with Gasteiger partial charge in [0, 0.05) is 32.7 Å². The highest BCUT2D eigenvalue weighted by Crippen LogP contribution is 2.10. The first-order valence-electron chi connectivity index (χ1n) is 4.57. The molecule has 2 rings (SSSR count). The predicted molar refractivity (Wildman–Crippen MR) is 48.9 cm³/mol. The molecule has 5 heteroatoms. The first kappa shape index (κ1) is 8.65. The van der Waals surface area contributed by atoms with Crippen LogP contribution < -0.4 is 5.73 Å². The molecule has 0 unspecified atom stereocenters. The van der Waals surface area contributed by atoms with Gasteiger partial charge < -0.3 is 5.73 Å². The van der Waals surface area contributed by atoms with Gasteiger partial charge in [-0.3, -0.25) is 9.58 Å². The topological polar surface area (TPSA) is 60.0 Å². The highest BCUT2D eigenvalue weighted by atomic mass is 15.4. The smallest absolute Gasteiger partial charge is 0.0738 e. The van der Waals surface area contributed by atoms with Crippen molar-refractivity contribution in [3.8, 4) is 0 Å². The molecule has 1 atom stereocenters. The molecule has 0 aliphatic carbocycles. The third-order valence-corrected chi connectivity index (χ3v) is 2.50. The maximum atomic E-state index is 5.81. The number of nitrogens with two attached hydrogens (primary N) is 1. The lowest BCUT2D eigenvalue weighted by atomic mass is 10.3. The van der Waals surface area contributed by atoms with Crippen LogP contribution in [0.15, 0.2) is 6.20 Å². The normalized spacial score (nSPS) is 24.0. The van der Waals surface area contributed by atoms with Gasteiger partial charge in [-0.1, -0.05) is 5.21 Å². The number of aryl methyl sites for hydroxylation is 1. The van der Waals surface area contributed by atoms with Crippen molar-refractivity contribution in [2.45, 2.75) is 19.0 Å².